The molecular weight excluding hydrogens is 515 g/mol. The number of aryl methyl sites for hydroxylation is 2. The molecule has 0 aliphatic carbocycles. The van der Waals surface area contributed by atoms with Gasteiger partial charge in [0, 0.05) is 16.6 Å². The third kappa shape index (κ3) is 3.95. The number of fused-ring (bicyclic) bond motifs is 2. The molecule has 8 nitrogen and oxygen atoms in total. The number of nitrogens with zero attached hydrogens (tertiary/aromatic N) is 5. The Labute approximate surface area is 227 Å². The molecule has 10 heteroatoms. The van der Waals surface area contributed by atoms with Crippen molar-refractivity contribution in [2.45, 2.75) is 26.8 Å². The van der Waals surface area contributed by atoms with Crippen LogP contribution in [0.1, 0.15) is 29.8 Å². The van der Waals surface area contributed by atoms with E-state index < -0.39 is 11.9 Å². The molecule has 0 amide bonds. The van der Waals surface area contributed by atoms with Gasteiger partial charge in [-0.05, 0) is 73.9 Å². The lowest BCUT2D eigenvalue weighted by Crippen LogP contribution is -2.21. The zero-order chi connectivity index (χ0) is 27.4. The maximum absolute atomic E-state index is 14.3. The second-order valence-corrected chi connectivity index (χ2v) is 10.3. The van der Waals surface area contributed by atoms with Crippen molar-refractivity contribution in [3.63, 3.8) is 0 Å². The molecule has 2 N–H and O–H groups in total. The molecule has 0 bridgehead atoms. The summed E-state index contributed by atoms with van der Waals surface area (Å²) < 4.78 is 23.2. The summed E-state index contributed by atoms with van der Waals surface area (Å²) in [5.74, 6) is 0.649. The predicted octanol–water partition coefficient (Wildman–Crippen LogP) is 5.79. The van der Waals surface area contributed by atoms with Gasteiger partial charge in [0.1, 0.15) is 34.2 Å². The Bertz CT molecular complexity index is 1960. The van der Waals surface area contributed by atoms with Gasteiger partial charge in [-0.15, -0.1) is 11.3 Å². The van der Waals surface area contributed by atoms with Crippen LogP contribution in [0.5, 0.6) is 5.75 Å². The molecule has 0 aliphatic heterocycles. The number of nitrogen functional groups attached to an aromatic ring is 1. The van der Waals surface area contributed by atoms with Crippen molar-refractivity contribution in [2.24, 2.45) is 0 Å². The second kappa shape index (κ2) is 9.32. The summed E-state index contributed by atoms with van der Waals surface area (Å²) in [6, 6.07) is 13.4. The van der Waals surface area contributed by atoms with E-state index in [1.807, 2.05) is 50.4 Å². The molecule has 0 saturated carbocycles. The standard InChI is InChI=1S/C29H25FN6O2S/c1-15-10-19(8-9-22(15)38-4)26-25-27(31)32-14-33-28(25)36(34-26)17(3)21-12-23-35(16(2)13-39-23)29(37)24(21)18-6-5-7-20(30)11-18/h5-14,17H,1-4H3,(H2,31,32,33)/t17-/m0/s1. The van der Waals surface area contributed by atoms with Gasteiger partial charge in [-0.3, -0.25) is 9.20 Å². The first kappa shape index (κ1) is 24.7. The van der Waals surface area contributed by atoms with Gasteiger partial charge in [0.25, 0.3) is 5.56 Å². The fraction of sp³-hybridized carbons (Fsp3) is 0.172. The van der Waals surface area contributed by atoms with Crippen molar-refractivity contribution < 1.29 is 9.13 Å². The molecule has 0 saturated heterocycles. The number of nitrogens with two attached hydrogens (primary N) is 1. The summed E-state index contributed by atoms with van der Waals surface area (Å²) in [6.07, 6.45) is 1.40. The van der Waals surface area contributed by atoms with Crippen LogP contribution in [0.15, 0.2) is 65.0 Å². The van der Waals surface area contributed by atoms with E-state index in [9.17, 15) is 9.18 Å². The van der Waals surface area contributed by atoms with Crippen molar-refractivity contribution in [3.8, 4) is 28.1 Å². The summed E-state index contributed by atoms with van der Waals surface area (Å²) in [5.41, 5.74) is 11.5. The smallest absolute Gasteiger partial charge is 0.264 e. The number of thiazole rings is 1. The Morgan fingerprint density at radius 3 is 2.64 bits per heavy atom. The van der Waals surface area contributed by atoms with E-state index in [4.69, 9.17) is 15.6 Å². The quantitative estimate of drug-likeness (QED) is 0.297. The minimum absolute atomic E-state index is 0.213. The molecule has 0 spiro atoms. The first-order chi connectivity index (χ1) is 18.8. The van der Waals surface area contributed by atoms with Gasteiger partial charge in [0.15, 0.2) is 5.65 Å². The Morgan fingerprint density at radius 1 is 1.08 bits per heavy atom. The summed E-state index contributed by atoms with van der Waals surface area (Å²) in [5, 5.41) is 7.52. The third-order valence-electron chi connectivity index (χ3n) is 7.02. The largest absolute Gasteiger partial charge is 0.496 e. The number of aromatic nitrogens is 5. The van der Waals surface area contributed by atoms with Crippen molar-refractivity contribution in [1.29, 1.82) is 0 Å². The molecule has 4 aromatic heterocycles. The van der Waals surface area contributed by atoms with Crippen molar-refractivity contribution in [3.05, 3.63) is 93.2 Å². The molecule has 39 heavy (non-hydrogen) atoms. The van der Waals surface area contributed by atoms with Gasteiger partial charge < -0.3 is 10.5 Å². The summed E-state index contributed by atoms with van der Waals surface area (Å²) in [7, 11) is 1.63. The topological polar surface area (TPSA) is 100 Å². The molecule has 0 fully saturated rings. The average Bonchev–Trinajstić information content (AvgIpc) is 3.50. The fourth-order valence-electron chi connectivity index (χ4n) is 5.11. The second-order valence-electron chi connectivity index (χ2n) is 9.45. The average molecular weight is 541 g/mol. The molecule has 196 valence electrons. The molecule has 6 rings (SSSR count). The first-order valence-corrected chi connectivity index (χ1v) is 13.2. The lowest BCUT2D eigenvalue weighted by atomic mass is 9.97. The molecule has 1 atom stereocenters. The number of ether oxygens (including phenoxy) is 1. The highest BCUT2D eigenvalue weighted by atomic mass is 32.1. The molecule has 0 unspecified atom stereocenters. The van der Waals surface area contributed by atoms with Crippen molar-refractivity contribution >= 4 is 33.0 Å². The minimum Gasteiger partial charge on any atom is -0.496 e. The Hall–Kier alpha value is -4.57. The van der Waals surface area contributed by atoms with Crippen LogP contribution in [0.3, 0.4) is 0 Å². The maximum atomic E-state index is 14.3. The van der Waals surface area contributed by atoms with E-state index in [-0.39, 0.29) is 5.56 Å². The molecule has 0 aliphatic rings. The van der Waals surface area contributed by atoms with Gasteiger partial charge in [0.2, 0.25) is 0 Å². The Balaban J connectivity index is 1.63. The van der Waals surface area contributed by atoms with Crippen LogP contribution < -0.4 is 16.0 Å². The number of hydrogen-bond donors (Lipinski definition) is 1. The first-order valence-electron chi connectivity index (χ1n) is 12.3. The fourth-order valence-corrected chi connectivity index (χ4v) is 6.04. The number of halogens is 1. The number of methoxy groups -OCH3 is 1. The van der Waals surface area contributed by atoms with Crippen LogP contribution in [-0.2, 0) is 0 Å². The van der Waals surface area contributed by atoms with Gasteiger partial charge in [-0.1, -0.05) is 12.1 Å². The van der Waals surface area contributed by atoms with Crippen LogP contribution in [0.2, 0.25) is 0 Å². The highest BCUT2D eigenvalue weighted by Gasteiger charge is 2.26. The number of pyridine rings is 1. The van der Waals surface area contributed by atoms with E-state index in [0.717, 1.165) is 27.4 Å². The highest BCUT2D eigenvalue weighted by Crippen LogP contribution is 2.37. The highest BCUT2D eigenvalue weighted by molar-refractivity contribution is 7.15. The van der Waals surface area contributed by atoms with E-state index in [1.54, 1.807) is 28.3 Å². The summed E-state index contributed by atoms with van der Waals surface area (Å²) >= 11 is 1.48. The lowest BCUT2D eigenvalue weighted by molar-refractivity contribution is 0.412. The summed E-state index contributed by atoms with van der Waals surface area (Å²) in [6.45, 7) is 5.79. The predicted molar refractivity (Wildman–Crippen MR) is 152 cm³/mol. The van der Waals surface area contributed by atoms with Gasteiger partial charge in [-0.25, -0.2) is 19.0 Å². The number of rotatable bonds is 5. The molecule has 2 aromatic carbocycles. The van der Waals surface area contributed by atoms with Crippen LogP contribution >= 0.6 is 11.3 Å². The van der Waals surface area contributed by atoms with E-state index in [2.05, 4.69) is 9.97 Å². The molecule has 4 heterocycles. The van der Waals surface area contributed by atoms with Crippen LogP contribution in [0, 0.1) is 19.7 Å². The van der Waals surface area contributed by atoms with E-state index in [1.165, 1.54) is 29.8 Å². The molecule has 6 aromatic rings. The number of benzene rings is 2. The maximum Gasteiger partial charge on any atom is 0.264 e. The SMILES string of the molecule is COc1ccc(-c2nn([C@@H](C)c3cc4scc(C)n4c(=O)c3-c3cccc(F)c3)c3ncnc(N)c23)cc1C. The van der Waals surface area contributed by atoms with Crippen LogP contribution in [0.25, 0.3) is 38.2 Å². The van der Waals surface area contributed by atoms with E-state index in [0.29, 0.717) is 39.2 Å². The van der Waals surface area contributed by atoms with Crippen LogP contribution in [-0.4, -0.2) is 31.3 Å². The van der Waals surface area contributed by atoms with Crippen molar-refractivity contribution in [1.82, 2.24) is 24.1 Å². The zero-order valence-electron chi connectivity index (χ0n) is 21.8. The minimum atomic E-state index is -0.451. The molecule has 0 radical (unpaired) electrons. The van der Waals surface area contributed by atoms with Gasteiger partial charge in [0.05, 0.1) is 24.1 Å². The Kier molecular flexibility index (Phi) is 5.91. The normalized spacial score (nSPS) is 12.3. The number of anilines is 1. The van der Waals surface area contributed by atoms with Gasteiger partial charge in [-0.2, -0.15) is 5.10 Å². The van der Waals surface area contributed by atoms with Gasteiger partial charge >= 0.3 is 0 Å². The zero-order valence-corrected chi connectivity index (χ0v) is 22.6. The van der Waals surface area contributed by atoms with Crippen LogP contribution in [0.4, 0.5) is 10.2 Å². The monoisotopic (exact) mass is 540 g/mol. The number of hydrogen-bond acceptors (Lipinski definition) is 7. The van der Waals surface area contributed by atoms with E-state index >= 15 is 0 Å². The summed E-state index contributed by atoms with van der Waals surface area (Å²) in [4.78, 5) is 23.4. The lowest BCUT2D eigenvalue weighted by Gasteiger charge is -2.18. The van der Waals surface area contributed by atoms with Crippen molar-refractivity contribution in [2.75, 3.05) is 12.8 Å². The Morgan fingerprint density at radius 2 is 1.90 bits per heavy atom. The molecular formula is C29H25FN6O2S. The third-order valence-corrected chi connectivity index (χ3v) is 8.03.